The molecule has 0 spiro atoms. The second-order valence-corrected chi connectivity index (χ2v) is 5.83. The minimum Gasteiger partial charge on any atom is -0.465 e. The minimum absolute atomic E-state index is 0.235. The second-order valence-electron chi connectivity index (χ2n) is 5.08. The fourth-order valence-electron chi connectivity index (χ4n) is 2.46. The quantitative estimate of drug-likeness (QED) is 0.734. The summed E-state index contributed by atoms with van der Waals surface area (Å²) in [4.78, 5) is 31.7. The maximum Gasteiger partial charge on any atom is 0.407 e. The number of nitrogens with zero attached hydrogens (tertiary/aromatic N) is 2. The Bertz CT molecular complexity index is 562. The predicted molar refractivity (Wildman–Crippen MR) is 81.9 cm³/mol. The lowest BCUT2D eigenvalue weighted by molar-refractivity contribution is 0.0100. The summed E-state index contributed by atoms with van der Waals surface area (Å²) in [5.41, 5.74) is 0.856. The van der Waals surface area contributed by atoms with Gasteiger partial charge >= 0.3 is 6.09 Å². The van der Waals surface area contributed by atoms with E-state index in [9.17, 15) is 9.59 Å². The molecule has 2 rings (SSSR count). The van der Waals surface area contributed by atoms with Crippen LogP contribution in [0.2, 0.25) is 0 Å². The summed E-state index contributed by atoms with van der Waals surface area (Å²) >= 11 is 3.30. The lowest BCUT2D eigenvalue weighted by Crippen LogP contribution is -2.55. The van der Waals surface area contributed by atoms with Crippen LogP contribution in [0.5, 0.6) is 0 Å². The third-order valence-electron chi connectivity index (χ3n) is 3.75. The van der Waals surface area contributed by atoms with Crippen LogP contribution in [-0.2, 0) is 11.2 Å². The molecule has 0 aromatic carbocycles. The first-order valence-electron chi connectivity index (χ1n) is 7.02. The third kappa shape index (κ3) is 3.58. The van der Waals surface area contributed by atoms with Gasteiger partial charge in [0.1, 0.15) is 4.60 Å². The van der Waals surface area contributed by atoms with E-state index >= 15 is 0 Å². The lowest BCUT2D eigenvalue weighted by atomic mass is 10.0. The maximum atomic E-state index is 12.3. The summed E-state index contributed by atoms with van der Waals surface area (Å²) in [5, 5.41) is 11.9. The number of carbonyl (C=O) groups is 2. The standard InChI is InChI=1S/C13H19BrN4O4/c1-3-7-10(14)17-11(15-7)12(19)16-8-4-5-18(13(20)21)6-9(8)22-2/h8-9H,3-6H2,1-2H3,(H,15,17)(H,16,19)(H,20,21)/t8-,9+/m1/s1. The topological polar surface area (TPSA) is 108 Å². The van der Waals surface area contributed by atoms with Gasteiger partial charge in [-0.25, -0.2) is 9.78 Å². The van der Waals surface area contributed by atoms with E-state index in [0.29, 0.717) is 17.6 Å². The number of aryl methyl sites for hydroxylation is 1. The van der Waals surface area contributed by atoms with E-state index in [2.05, 4.69) is 31.2 Å². The Kier molecular flexibility index (Phi) is 5.41. The summed E-state index contributed by atoms with van der Waals surface area (Å²) in [6.07, 6.45) is -0.121. The van der Waals surface area contributed by atoms with Gasteiger partial charge < -0.3 is 25.0 Å². The van der Waals surface area contributed by atoms with Crippen molar-refractivity contribution in [2.75, 3.05) is 20.2 Å². The molecular weight excluding hydrogens is 356 g/mol. The molecule has 2 atom stereocenters. The van der Waals surface area contributed by atoms with Gasteiger partial charge in [-0.2, -0.15) is 0 Å². The molecule has 22 heavy (non-hydrogen) atoms. The molecule has 0 aliphatic carbocycles. The Morgan fingerprint density at radius 2 is 2.32 bits per heavy atom. The number of aromatic amines is 1. The summed E-state index contributed by atoms with van der Waals surface area (Å²) in [6, 6.07) is -0.248. The van der Waals surface area contributed by atoms with Crippen molar-refractivity contribution in [2.45, 2.75) is 31.9 Å². The van der Waals surface area contributed by atoms with Crippen LogP contribution in [0, 0.1) is 0 Å². The number of amides is 2. The average Bonchev–Trinajstić information content (AvgIpc) is 2.88. The molecule has 3 N–H and O–H groups in total. The molecule has 9 heteroatoms. The molecule has 0 radical (unpaired) electrons. The Balaban J connectivity index is 2.02. The van der Waals surface area contributed by atoms with Crippen LogP contribution in [0.25, 0.3) is 0 Å². The fraction of sp³-hybridized carbons (Fsp3) is 0.615. The first-order valence-corrected chi connectivity index (χ1v) is 7.81. The third-order valence-corrected chi connectivity index (χ3v) is 4.40. The molecule has 122 valence electrons. The number of nitrogens with one attached hydrogen (secondary N) is 2. The van der Waals surface area contributed by atoms with Crippen LogP contribution in [0.15, 0.2) is 4.60 Å². The molecule has 1 fully saturated rings. The number of hydrogen-bond donors (Lipinski definition) is 3. The van der Waals surface area contributed by atoms with E-state index in [1.807, 2.05) is 6.92 Å². The minimum atomic E-state index is -0.977. The second kappa shape index (κ2) is 7.10. The van der Waals surface area contributed by atoms with Crippen molar-refractivity contribution in [1.82, 2.24) is 20.2 Å². The lowest BCUT2D eigenvalue weighted by Gasteiger charge is -2.36. The molecule has 0 saturated carbocycles. The van der Waals surface area contributed by atoms with Crippen molar-refractivity contribution >= 4 is 27.9 Å². The van der Waals surface area contributed by atoms with E-state index in [-0.39, 0.29) is 30.4 Å². The number of carbonyl (C=O) groups excluding carboxylic acids is 1. The highest BCUT2D eigenvalue weighted by Crippen LogP contribution is 2.16. The predicted octanol–water partition coefficient (Wildman–Crippen LogP) is 1.23. The zero-order valence-corrected chi connectivity index (χ0v) is 14.0. The van der Waals surface area contributed by atoms with Crippen LogP contribution in [0.1, 0.15) is 29.7 Å². The summed E-state index contributed by atoms with van der Waals surface area (Å²) in [7, 11) is 1.51. The van der Waals surface area contributed by atoms with Gasteiger partial charge in [0.25, 0.3) is 5.91 Å². The number of likely N-dealkylation sites (tertiary alicyclic amines) is 1. The molecule has 1 aromatic rings. The van der Waals surface area contributed by atoms with Crippen LogP contribution in [-0.4, -0.2) is 64.3 Å². The number of rotatable bonds is 4. The Morgan fingerprint density at radius 3 is 2.86 bits per heavy atom. The zero-order valence-electron chi connectivity index (χ0n) is 12.4. The maximum absolute atomic E-state index is 12.3. The molecule has 1 saturated heterocycles. The highest BCUT2D eigenvalue weighted by atomic mass is 79.9. The number of halogens is 1. The number of ether oxygens (including phenoxy) is 1. The molecule has 1 aliphatic rings. The normalized spacial score (nSPS) is 21.7. The molecule has 8 nitrogen and oxygen atoms in total. The number of piperidine rings is 1. The fourth-order valence-corrected chi connectivity index (χ4v) is 3.02. The molecule has 0 unspecified atom stereocenters. The Morgan fingerprint density at radius 1 is 1.59 bits per heavy atom. The number of imidazole rings is 1. The van der Waals surface area contributed by atoms with Crippen LogP contribution in [0.4, 0.5) is 4.79 Å². The molecule has 1 aromatic heterocycles. The number of H-pyrrole nitrogens is 1. The van der Waals surface area contributed by atoms with Gasteiger partial charge in [-0.15, -0.1) is 0 Å². The summed E-state index contributed by atoms with van der Waals surface area (Å²) in [5.74, 6) is -0.0875. The van der Waals surface area contributed by atoms with Crippen molar-refractivity contribution in [3.63, 3.8) is 0 Å². The van der Waals surface area contributed by atoms with Gasteiger partial charge in [0.05, 0.1) is 18.7 Å². The van der Waals surface area contributed by atoms with Gasteiger partial charge in [0, 0.05) is 19.3 Å². The summed E-state index contributed by atoms with van der Waals surface area (Å²) < 4.78 is 5.94. The molecule has 2 amide bonds. The molecule has 2 heterocycles. The van der Waals surface area contributed by atoms with Crippen LogP contribution in [0.3, 0.4) is 0 Å². The number of carboxylic acid groups (broad SMARTS) is 1. The molecule has 1 aliphatic heterocycles. The van der Waals surface area contributed by atoms with Gasteiger partial charge in [0.2, 0.25) is 0 Å². The van der Waals surface area contributed by atoms with Crippen molar-refractivity contribution in [2.24, 2.45) is 0 Å². The van der Waals surface area contributed by atoms with E-state index < -0.39 is 6.09 Å². The number of methoxy groups -OCH3 is 1. The van der Waals surface area contributed by atoms with E-state index in [1.165, 1.54) is 12.0 Å². The van der Waals surface area contributed by atoms with Crippen molar-refractivity contribution in [3.05, 3.63) is 16.1 Å². The highest BCUT2D eigenvalue weighted by molar-refractivity contribution is 9.10. The SMILES string of the molecule is CCc1[nH]c(C(=O)N[C@@H]2CCN(C(=O)O)C[C@@H]2OC)nc1Br. The van der Waals surface area contributed by atoms with Crippen LogP contribution < -0.4 is 5.32 Å². The first kappa shape index (κ1) is 16.8. The smallest absolute Gasteiger partial charge is 0.407 e. The molecule has 0 bridgehead atoms. The van der Waals surface area contributed by atoms with Crippen molar-refractivity contribution < 1.29 is 19.4 Å². The van der Waals surface area contributed by atoms with E-state index in [1.54, 1.807) is 0 Å². The van der Waals surface area contributed by atoms with E-state index in [4.69, 9.17) is 9.84 Å². The molecular formula is C13H19BrN4O4. The number of aromatic nitrogens is 2. The van der Waals surface area contributed by atoms with Gasteiger partial charge in [-0.3, -0.25) is 4.79 Å². The largest absolute Gasteiger partial charge is 0.465 e. The number of hydrogen-bond acceptors (Lipinski definition) is 4. The monoisotopic (exact) mass is 374 g/mol. The summed E-state index contributed by atoms with van der Waals surface area (Å²) in [6.45, 7) is 2.56. The van der Waals surface area contributed by atoms with Crippen molar-refractivity contribution in [3.8, 4) is 0 Å². The van der Waals surface area contributed by atoms with Crippen molar-refractivity contribution in [1.29, 1.82) is 0 Å². The average molecular weight is 375 g/mol. The van der Waals surface area contributed by atoms with Gasteiger partial charge in [-0.1, -0.05) is 6.92 Å². The highest BCUT2D eigenvalue weighted by Gasteiger charge is 2.33. The zero-order chi connectivity index (χ0) is 16.3. The van der Waals surface area contributed by atoms with E-state index in [0.717, 1.165) is 12.1 Å². The first-order chi connectivity index (χ1) is 10.5. The van der Waals surface area contributed by atoms with Crippen LogP contribution >= 0.6 is 15.9 Å². The Labute approximate surface area is 136 Å². The van der Waals surface area contributed by atoms with Gasteiger partial charge in [0.15, 0.2) is 5.82 Å². The Hall–Kier alpha value is -1.61. The van der Waals surface area contributed by atoms with Gasteiger partial charge in [-0.05, 0) is 28.8 Å².